The van der Waals surface area contributed by atoms with Gasteiger partial charge in [-0.05, 0) is 43.3 Å². The lowest BCUT2D eigenvalue weighted by atomic mass is 9.92. The van der Waals surface area contributed by atoms with Gasteiger partial charge in [-0.15, -0.1) is 0 Å². The molecule has 0 bridgehead atoms. The first-order valence-corrected chi connectivity index (χ1v) is 10.9. The van der Waals surface area contributed by atoms with Crippen molar-refractivity contribution < 1.29 is 24.3 Å². The van der Waals surface area contributed by atoms with E-state index in [0.29, 0.717) is 23.0 Å². The highest BCUT2D eigenvalue weighted by Gasteiger charge is 2.42. The number of para-hydroxylation sites is 1. The molecule has 0 spiro atoms. The molecule has 3 aromatic rings. The van der Waals surface area contributed by atoms with Crippen molar-refractivity contribution >= 4 is 28.6 Å². The Kier molecular flexibility index (Phi) is 6.47. The van der Waals surface area contributed by atoms with E-state index in [1.807, 2.05) is 37.3 Å². The number of aryl methyl sites for hydroxylation is 1. The molecule has 1 saturated heterocycles. The molecule has 0 radical (unpaired) electrons. The first kappa shape index (κ1) is 23.2. The van der Waals surface area contributed by atoms with Crippen LogP contribution < -0.4 is 15.4 Å². The maximum atomic E-state index is 12.9. The van der Waals surface area contributed by atoms with Crippen molar-refractivity contribution in [2.45, 2.75) is 31.9 Å². The zero-order valence-corrected chi connectivity index (χ0v) is 19.0. The van der Waals surface area contributed by atoms with Crippen LogP contribution in [0.2, 0.25) is 0 Å². The highest BCUT2D eigenvalue weighted by Crippen LogP contribution is 2.23. The fourth-order valence-electron chi connectivity index (χ4n) is 4.05. The number of nitrogens with zero attached hydrogens (tertiary/aromatic N) is 2. The second-order valence-electron chi connectivity index (χ2n) is 8.54. The van der Waals surface area contributed by atoms with Crippen LogP contribution in [-0.2, 0) is 16.2 Å². The van der Waals surface area contributed by atoms with Crippen LogP contribution in [0.25, 0.3) is 10.9 Å². The van der Waals surface area contributed by atoms with E-state index < -0.39 is 17.4 Å². The van der Waals surface area contributed by atoms with Crippen molar-refractivity contribution in [2.24, 2.45) is 0 Å². The Morgan fingerprint density at radius 2 is 1.94 bits per heavy atom. The number of aromatic nitrogens is 1. The largest absolute Gasteiger partial charge is 0.489 e. The summed E-state index contributed by atoms with van der Waals surface area (Å²) in [5, 5.41) is 16.3. The summed E-state index contributed by atoms with van der Waals surface area (Å²) >= 11 is 0. The summed E-state index contributed by atoms with van der Waals surface area (Å²) in [6, 6.07) is 16.5. The van der Waals surface area contributed by atoms with Crippen LogP contribution in [0, 0.1) is 6.92 Å². The van der Waals surface area contributed by atoms with Gasteiger partial charge in [0.2, 0.25) is 11.8 Å². The molecule has 1 fully saturated rings. The lowest BCUT2D eigenvalue weighted by molar-refractivity contribution is -0.160. The summed E-state index contributed by atoms with van der Waals surface area (Å²) in [4.78, 5) is 41.2. The molecule has 1 unspecified atom stereocenters. The third kappa shape index (κ3) is 5.15. The fourth-order valence-corrected chi connectivity index (χ4v) is 4.05. The summed E-state index contributed by atoms with van der Waals surface area (Å²) in [6.45, 7) is 2.40. The van der Waals surface area contributed by atoms with Crippen molar-refractivity contribution in [3.05, 3.63) is 71.4 Å². The third-order valence-electron chi connectivity index (χ3n) is 5.79. The molecule has 9 heteroatoms. The first-order chi connectivity index (χ1) is 16.2. The van der Waals surface area contributed by atoms with E-state index in [2.05, 4.69) is 15.6 Å². The van der Waals surface area contributed by atoms with Gasteiger partial charge in [0.25, 0.3) is 5.91 Å². The Hall–Kier alpha value is -3.98. The molecule has 3 N–H and O–H groups in total. The maximum absolute atomic E-state index is 12.9. The lowest BCUT2D eigenvalue weighted by Crippen LogP contribution is -2.52. The number of hydrogen-bond acceptors (Lipinski definition) is 6. The topological polar surface area (TPSA) is 121 Å². The maximum Gasteiger partial charge on any atom is 0.251 e. The van der Waals surface area contributed by atoms with Crippen LogP contribution in [0.5, 0.6) is 5.75 Å². The van der Waals surface area contributed by atoms with E-state index in [1.165, 1.54) is 7.05 Å². The van der Waals surface area contributed by atoms with Crippen molar-refractivity contribution in [2.75, 3.05) is 13.6 Å². The molecule has 1 aromatic heterocycles. The van der Waals surface area contributed by atoms with E-state index in [0.717, 1.165) is 22.2 Å². The van der Waals surface area contributed by atoms with Gasteiger partial charge in [-0.3, -0.25) is 24.6 Å². The minimum absolute atomic E-state index is 0.0428. The summed E-state index contributed by atoms with van der Waals surface area (Å²) in [7, 11) is 1.21. The molecule has 2 heterocycles. The Bertz CT molecular complexity index is 1240. The molecule has 9 nitrogen and oxygen atoms in total. The highest BCUT2D eigenvalue weighted by atomic mass is 16.5. The van der Waals surface area contributed by atoms with Crippen LogP contribution in [0.3, 0.4) is 0 Å². The summed E-state index contributed by atoms with van der Waals surface area (Å²) < 4.78 is 5.94. The number of hydrogen-bond donors (Lipinski definition) is 3. The third-order valence-corrected chi connectivity index (χ3v) is 5.79. The van der Waals surface area contributed by atoms with E-state index in [1.54, 1.807) is 24.3 Å². The number of fused-ring (bicyclic) bond motifs is 1. The Balaban J connectivity index is 1.43. The van der Waals surface area contributed by atoms with Gasteiger partial charge in [0.1, 0.15) is 12.4 Å². The molecule has 1 aliphatic heterocycles. The second-order valence-corrected chi connectivity index (χ2v) is 8.54. The van der Waals surface area contributed by atoms with Gasteiger partial charge in [-0.2, -0.15) is 0 Å². The van der Waals surface area contributed by atoms with Gasteiger partial charge in [-0.1, -0.05) is 18.2 Å². The average Bonchev–Trinajstić information content (AvgIpc) is 3.17. The Morgan fingerprint density at radius 3 is 2.62 bits per heavy atom. The quantitative estimate of drug-likeness (QED) is 0.366. The number of amides is 3. The van der Waals surface area contributed by atoms with E-state index in [9.17, 15) is 19.6 Å². The molecule has 1 aliphatic rings. The number of rotatable bonds is 7. The Labute approximate surface area is 196 Å². The SMILES string of the molecule is Cc1cc(COc2ccc(C(=O)NC3(CC(=O)N(C)O)CNC(=O)C3)cc2)c2ccccc2n1. The van der Waals surface area contributed by atoms with E-state index >= 15 is 0 Å². The summed E-state index contributed by atoms with van der Waals surface area (Å²) in [5.41, 5.74) is 2.10. The normalized spacial score (nSPS) is 17.3. The molecular weight excluding hydrogens is 436 g/mol. The smallest absolute Gasteiger partial charge is 0.251 e. The van der Waals surface area contributed by atoms with Gasteiger partial charge < -0.3 is 15.4 Å². The summed E-state index contributed by atoms with van der Waals surface area (Å²) in [6.07, 6.45) is -0.246. The number of nitrogens with one attached hydrogen (secondary N) is 2. The molecule has 176 valence electrons. The molecular formula is C25H26N4O5. The molecule has 2 aromatic carbocycles. The second kappa shape index (κ2) is 9.48. The average molecular weight is 463 g/mol. The minimum Gasteiger partial charge on any atom is -0.489 e. The molecule has 3 amide bonds. The monoisotopic (exact) mass is 462 g/mol. The van der Waals surface area contributed by atoms with Gasteiger partial charge in [0.05, 0.1) is 23.9 Å². The predicted octanol–water partition coefficient (Wildman–Crippen LogP) is 2.35. The van der Waals surface area contributed by atoms with Crippen LogP contribution in [0.15, 0.2) is 54.6 Å². The van der Waals surface area contributed by atoms with Crippen molar-refractivity contribution in [3.8, 4) is 5.75 Å². The lowest BCUT2D eigenvalue weighted by Gasteiger charge is -2.28. The zero-order chi connectivity index (χ0) is 24.3. The van der Waals surface area contributed by atoms with Gasteiger partial charge in [-0.25, -0.2) is 5.06 Å². The molecule has 0 aliphatic carbocycles. The van der Waals surface area contributed by atoms with Crippen molar-refractivity contribution in [1.29, 1.82) is 0 Å². The number of benzene rings is 2. The number of carbonyl (C=O) groups is 3. The fraction of sp³-hybridized carbons (Fsp3) is 0.280. The van der Waals surface area contributed by atoms with Crippen LogP contribution in [0.4, 0.5) is 0 Å². The number of carbonyl (C=O) groups excluding carboxylic acids is 3. The molecule has 4 rings (SSSR count). The van der Waals surface area contributed by atoms with Crippen molar-refractivity contribution in [3.63, 3.8) is 0 Å². The molecule has 1 atom stereocenters. The Morgan fingerprint density at radius 1 is 1.21 bits per heavy atom. The van der Waals surface area contributed by atoms with Gasteiger partial charge in [0, 0.05) is 35.8 Å². The van der Waals surface area contributed by atoms with Crippen LogP contribution in [0.1, 0.15) is 34.5 Å². The predicted molar refractivity (Wildman–Crippen MR) is 124 cm³/mol. The molecule has 34 heavy (non-hydrogen) atoms. The van der Waals surface area contributed by atoms with Crippen molar-refractivity contribution in [1.82, 2.24) is 20.7 Å². The highest BCUT2D eigenvalue weighted by molar-refractivity contribution is 5.96. The zero-order valence-electron chi connectivity index (χ0n) is 19.0. The van der Waals surface area contributed by atoms with Gasteiger partial charge >= 0.3 is 0 Å². The first-order valence-electron chi connectivity index (χ1n) is 10.9. The number of pyridine rings is 1. The van der Waals surface area contributed by atoms with E-state index in [4.69, 9.17) is 4.74 Å². The summed E-state index contributed by atoms with van der Waals surface area (Å²) in [5.74, 6) is -0.692. The standard InChI is InChI=1S/C25H26N4O5/c1-16-11-18(20-5-3-4-6-21(20)27-16)14-34-19-9-7-17(8-10-19)24(32)28-25(12-22(30)26-15-25)13-23(31)29(2)33/h3-11,33H,12-15H2,1-2H3,(H,26,30)(H,28,32). The van der Waals surface area contributed by atoms with E-state index in [-0.39, 0.29) is 25.3 Å². The molecule has 0 saturated carbocycles. The van der Waals surface area contributed by atoms with Gasteiger partial charge in [0.15, 0.2) is 0 Å². The minimum atomic E-state index is -1.10. The number of hydroxylamine groups is 2. The van der Waals surface area contributed by atoms with Crippen LogP contribution >= 0.6 is 0 Å². The number of ether oxygens (including phenoxy) is 1. The van der Waals surface area contributed by atoms with Crippen LogP contribution in [-0.4, -0.2) is 52.1 Å².